The first-order valence-corrected chi connectivity index (χ1v) is 6.65. The molecular formula is C16H25B. The molecule has 0 bridgehead atoms. The molecule has 1 aromatic carbocycles. The molecule has 0 atom stereocenters. The summed E-state index contributed by atoms with van der Waals surface area (Å²) in [6.07, 6.45) is 1.25. The summed E-state index contributed by atoms with van der Waals surface area (Å²) in [5, 5.41) is 2.71. The van der Waals surface area contributed by atoms with E-state index >= 15 is 0 Å². The van der Waals surface area contributed by atoms with Gasteiger partial charge >= 0.3 is 72.8 Å². The fourth-order valence-corrected chi connectivity index (χ4v) is 1.69. The molecule has 0 amide bonds. The van der Waals surface area contributed by atoms with Gasteiger partial charge in [-0.1, -0.05) is 34.1 Å². The third-order valence-electron chi connectivity index (χ3n) is 2.21. The summed E-state index contributed by atoms with van der Waals surface area (Å²) < 4.78 is 0. The predicted molar refractivity (Wildman–Crippen MR) is 82.1 cm³/mol. The summed E-state index contributed by atoms with van der Waals surface area (Å²) in [6.45, 7) is 14.8. The van der Waals surface area contributed by atoms with Crippen molar-refractivity contribution in [1.29, 1.82) is 0 Å². The van der Waals surface area contributed by atoms with E-state index in [1.807, 2.05) is 13.8 Å². The van der Waals surface area contributed by atoms with Crippen LogP contribution in [0.15, 0.2) is 30.3 Å². The van der Waals surface area contributed by atoms with Crippen LogP contribution >= 0.6 is 0 Å². The zero-order chi connectivity index (χ0) is 13.3. The second-order valence-electron chi connectivity index (χ2n) is 4.01. The number of benzene rings is 1. The van der Waals surface area contributed by atoms with Gasteiger partial charge in [0.15, 0.2) is 0 Å². The van der Waals surface area contributed by atoms with E-state index in [9.17, 15) is 0 Å². The number of rotatable bonds is 0. The number of aryl methyl sites for hydroxylation is 2. The van der Waals surface area contributed by atoms with Gasteiger partial charge in [0.1, 0.15) is 0 Å². The molecule has 1 aromatic heterocycles. The Kier molecular flexibility index (Phi) is 8.40. The van der Waals surface area contributed by atoms with Crippen LogP contribution in [0.2, 0.25) is 0 Å². The summed E-state index contributed by atoms with van der Waals surface area (Å²) in [4.78, 5) is 0. The molecule has 0 aliphatic rings. The Morgan fingerprint density at radius 1 is 1.00 bits per heavy atom. The van der Waals surface area contributed by atoms with E-state index < -0.39 is 0 Å². The summed E-state index contributed by atoms with van der Waals surface area (Å²) >= 11 is 0. The quantitative estimate of drug-likeness (QED) is 0.578. The minimum absolute atomic E-state index is 1.25. The molecule has 0 radical (unpaired) electrons. The van der Waals surface area contributed by atoms with Gasteiger partial charge in [-0.25, -0.2) is 0 Å². The molecule has 0 fully saturated rings. The van der Waals surface area contributed by atoms with Crippen molar-refractivity contribution < 1.29 is 0 Å². The fourth-order valence-electron chi connectivity index (χ4n) is 1.69. The van der Waals surface area contributed by atoms with Crippen molar-refractivity contribution in [1.82, 2.24) is 0 Å². The van der Waals surface area contributed by atoms with Gasteiger partial charge in [0.2, 0.25) is 0 Å². The van der Waals surface area contributed by atoms with E-state index in [2.05, 4.69) is 64.9 Å². The first-order chi connectivity index (χ1) is 8.19. The van der Waals surface area contributed by atoms with Crippen LogP contribution in [0.4, 0.5) is 0 Å². The van der Waals surface area contributed by atoms with Crippen LogP contribution in [0.25, 0.3) is 10.7 Å². The standard InChI is InChI=1S/C11H11B.C3H8.C2H6/c1-8-7-9(2)12-11-6-4-3-5-10(8)11;1-3-2;1-2/h3-7H,1-2H3;3H2,1-2H3;1-2H3. The molecule has 0 aliphatic carbocycles. The van der Waals surface area contributed by atoms with Crippen molar-refractivity contribution >= 4 is 17.6 Å². The van der Waals surface area contributed by atoms with E-state index in [0.29, 0.717) is 0 Å². The van der Waals surface area contributed by atoms with Crippen LogP contribution in [-0.2, 0) is 0 Å². The van der Waals surface area contributed by atoms with E-state index in [0.717, 1.165) is 0 Å². The molecule has 17 heavy (non-hydrogen) atoms. The van der Waals surface area contributed by atoms with Crippen LogP contribution in [0.3, 0.4) is 0 Å². The van der Waals surface area contributed by atoms with Crippen molar-refractivity contribution in [3.05, 3.63) is 41.4 Å². The van der Waals surface area contributed by atoms with E-state index in [1.165, 1.54) is 28.1 Å². The molecule has 2 aromatic rings. The van der Waals surface area contributed by atoms with Crippen LogP contribution in [0.5, 0.6) is 0 Å². The van der Waals surface area contributed by atoms with E-state index in [-0.39, 0.29) is 0 Å². The Balaban J connectivity index is 0.000000450. The van der Waals surface area contributed by atoms with Gasteiger partial charge in [0.05, 0.1) is 0 Å². The Morgan fingerprint density at radius 2 is 1.53 bits per heavy atom. The molecule has 0 saturated heterocycles. The normalized spacial score (nSPS) is 8.59. The summed E-state index contributed by atoms with van der Waals surface area (Å²) in [5.41, 5.74) is 2.71. The molecule has 0 N–H and O–H groups in total. The van der Waals surface area contributed by atoms with Crippen LogP contribution in [0, 0.1) is 13.8 Å². The number of hydrogen-bond acceptors (Lipinski definition) is 0. The molecule has 0 spiro atoms. The van der Waals surface area contributed by atoms with Crippen molar-refractivity contribution in [2.45, 2.75) is 48.0 Å². The molecule has 1 heteroatoms. The number of hydrogen-bond donors (Lipinski definition) is 0. The first kappa shape index (κ1) is 15.9. The third kappa shape index (κ3) is 5.17. The van der Waals surface area contributed by atoms with Gasteiger partial charge in [-0.2, -0.15) is 0 Å². The van der Waals surface area contributed by atoms with Crippen LogP contribution in [-0.4, -0.2) is 6.91 Å². The molecule has 1 heterocycles. The van der Waals surface area contributed by atoms with Gasteiger partial charge in [0, 0.05) is 0 Å². The van der Waals surface area contributed by atoms with Gasteiger partial charge < -0.3 is 0 Å². The van der Waals surface area contributed by atoms with Crippen molar-refractivity contribution in [3.8, 4) is 0 Å². The average molecular weight is 228 g/mol. The molecule has 0 nitrogen and oxygen atoms in total. The molecule has 0 aliphatic heterocycles. The van der Waals surface area contributed by atoms with Gasteiger partial charge in [-0.05, 0) is 0 Å². The summed E-state index contributed by atoms with van der Waals surface area (Å²) in [6, 6.07) is 10.7. The summed E-state index contributed by atoms with van der Waals surface area (Å²) in [7, 11) is 0. The van der Waals surface area contributed by atoms with Crippen LogP contribution < -0.4 is 0 Å². The Labute approximate surface area is 107 Å². The van der Waals surface area contributed by atoms with Gasteiger partial charge in [-0.3, -0.25) is 0 Å². The maximum absolute atomic E-state index is 2.22. The second kappa shape index (κ2) is 8.98. The Morgan fingerprint density at radius 3 is 2.12 bits per heavy atom. The average Bonchev–Trinajstić information content (AvgIpc) is 2.32. The first-order valence-electron chi connectivity index (χ1n) is 6.65. The summed E-state index contributed by atoms with van der Waals surface area (Å²) in [5.74, 6) is 0. The van der Waals surface area contributed by atoms with E-state index in [1.54, 1.807) is 0 Å². The van der Waals surface area contributed by atoms with Crippen molar-refractivity contribution in [2.75, 3.05) is 0 Å². The Hall–Kier alpha value is -1.11. The molecule has 92 valence electrons. The predicted octanol–water partition coefficient (Wildman–Crippen LogP) is 5.24. The van der Waals surface area contributed by atoms with Crippen LogP contribution in [0.1, 0.15) is 45.1 Å². The molecular weight excluding hydrogens is 203 g/mol. The van der Waals surface area contributed by atoms with E-state index in [4.69, 9.17) is 0 Å². The SMILES string of the molecule is CC.CCC.Cc1bc2ccccc2c(C)c1. The van der Waals surface area contributed by atoms with Gasteiger partial charge in [0.25, 0.3) is 0 Å². The topological polar surface area (TPSA) is 0 Å². The monoisotopic (exact) mass is 228 g/mol. The fraction of sp³-hybridized carbons (Fsp3) is 0.438. The Bertz CT molecular complexity index is 432. The van der Waals surface area contributed by atoms with Crippen molar-refractivity contribution in [3.63, 3.8) is 0 Å². The zero-order valence-electron chi connectivity index (χ0n) is 12.2. The number of fused-ring (bicyclic) bond motifs is 1. The molecule has 2 rings (SSSR count). The van der Waals surface area contributed by atoms with Crippen molar-refractivity contribution in [2.24, 2.45) is 0 Å². The second-order valence-corrected chi connectivity index (χ2v) is 4.01. The minimum atomic E-state index is 1.25. The zero-order valence-corrected chi connectivity index (χ0v) is 12.2. The molecule has 0 unspecified atom stereocenters. The molecule has 0 saturated carbocycles. The third-order valence-corrected chi connectivity index (χ3v) is 2.21. The van der Waals surface area contributed by atoms with Gasteiger partial charge in [-0.15, -0.1) is 0 Å². The maximum atomic E-state index is 2.22.